The number of piperidine rings is 1. The van der Waals surface area contributed by atoms with Crippen LogP contribution in [0, 0.1) is 0 Å². The third kappa shape index (κ3) is 4.24. The minimum absolute atomic E-state index is 0.0355. The van der Waals surface area contributed by atoms with Gasteiger partial charge < -0.3 is 45.8 Å². The quantitative estimate of drug-likeness (QED) is 0.0674. The first-order valence-electron chi connectivity index (χ1n) is 12.7. The van der Waals surface area contributed by atoms with Crippen LogP contribution in [0.5, 0.6) is 11.5 Å². The molecule has 0 saturated carbocycles. The van der Waals surface area contributed by atoms with E-state index < -0.39 is 41.6 Å². The first-order chi connectivity index (χ1) is 19.6. The molecule has 2 fully saturated rings. The Hall–Kier alpha value is -3.70. The van der Waals surface area contributed by atoms with Crippen molar-refractivity contribution in [2.75, 3.05) is 31.6 Å². The molecular weight excluding hydrogens is 554 g/mol. The number of nitrogens with zero attached hydrogens (tertiary/aromatic N) is 2. The molecule has 1 atom stereocenters. The number of aliphatic hydroxyl groups is 5. The number of benzene rings is 2. The summed E-state index contributed by atoms with van der Waals surface area (Å²) in [4.78, 5) is 39.8. The van der Waals surface area contributed by atoms with Gasteiger partial charge in [-0.1, -0.05) is 6.07 Å². The van der Waals surface area contributed by atoms with Crippen LogP contribution in [0.15, 0.2) is 18.2 Å². The molecule has 4 radical (unpaired) electrons. The van der Waals surface area contributed by atoms with Crippen LogP contribution in [0.4, 0.5) is 5.69 Å². The van der Waals surface area contributed by atoms with Crippen LogP contribution < -0.4 is 21.6 Å². The number of anilines is 1. The van der Waals surface area contributed by atoms with E-state index in [1.54, 1.807) is 0 Å². The number of carbonyl (C=O) groups is 3. The summed E-state index contributed by atoms with van der Waals surface area (Å²) in [7, 11) is 12.3. The predicted molar refractivity (Wildman–Crippen MR) is 143 cm³/mol. The van der Waals surface area contributed by atoms with E-state index in [0.29, 0.717) is 26.3 Å². The molecule has 2 saturated heterocycles. The molecule has 15 nitrogen and oxygen atoms in total. The summed E-state index contributed by atoms with van der Waals surface area (Å²) in [6, 6.07) is 4.21. The monoisotopic (exact) mass is 580 g/mol. The molecule has 9 N–H and O–H groups in total. The van der Waals surface area contributed by atoms with Gasteiger partial charge in [-0.05, 0) is 23.1 Å². The van der Waals surface area contributed by atoms with Gasteiger partial charge in [-0.25, -0.2) is 0 Å². The average Bonchev–Trinajstić information content (AvgIpc) is 3.30. The van der Waals surface area contributed by atoms with Gasteiger partial charge in [0.1, 0.15) is 27.2 Å². The number of fused-ring (bicyclic) bond motifs is 1. The number of ether oxygens (including phenoxy) is 1. The highest BCUT2D eigenvalue weighted by molar-refractivity contribution is 6.40. The van der Waals surface area contributed by atoms with Crippen LogP contribution in [0.3, 0.4) is 0 Å². The summed E-state index contributed by atoms with van der Waals surface area (Å²) in [6.45, 7) is 1.53. The number of imide groups is 1. The number of morpholine rings is 1. The molecule has 0 aliphatic carbocycles. The predicted octanol–water partition coefficient (Wildman–Crippen LogP) is -5.21. The van der Waals surface area contributed by atoms with Crippen LogP contribution in [-0.4, -0.2) is 123 Å². The molecule has 3 aliphatic rings. The molecule has 3 aliphatic heterocycles. The van der Waals surface area contributed by atoms with Crippen molar-refractivity contribution in [1.29, 1.82) is 0 Å². The summed E-state index contributed by atoms with van der Waals surface area (Å²) < 4.78 is 5.32. The number of nitrogens with one attached hydrogen (secondary N) is 2. The minimum Gasteiger partial charge on any atom is -0.508 e. The summed E-state index contributed by atoms with van der Waals surface area (Å²) in [6.07, 6.45) is 0. The maximum Gasteiger partial charge on any atom is 0.306 e. The summed E-state index contributed by atoms with van der Waals surface area (Å²) in [5.41, 5.74) is -3.45. The molecule has 218 valence electrons. The molecular formula is C25H26B2N4O11. The SMILES string of the molecule is [B]c1c(O)c(CN2CCOCC2)c([B])c(O)c1CNc1cccc2c1CN(C1(O)C(=O)NC(=O)C(O)(O)C1(O)O)C2=O. The van der Waals surface area contributed by atoms with Crippen LogP contribution in [0.2, 0.25) is 0 Å². The van der Waals surface area contributed by atoms with Gasteiger partial charge in [-0.3, -0.25) is 29.5 Å². The van der Waals surface area contributed by atoms with Crippen LogP contribution >= 0.6 is 0 Å². The first kappa shape index (κ1) is 29.8. The zero-order chi connectivity index (χ0) is 30.8. The maximum absolute atomic E-state index is 13.2. The third-order valence-corrected chi connectivity index (χ3v) is 7.86. The van der Waals surface area contributed by atoms with Gasteiger partial charge in [-0.15, -0.1) is 0 Å². The third-order valence-electron chi connectivity index (χ3n) is 7.86. The van der Waals surface area contributed by atoms with Gasteiger partial charge >= 0.3 is 5.79 Å². The lowest BCUT2D eigenvalue weighted by Gasteiger charge is -2.50. The normalized spacial score (nSPS) is 23.5. The maximum atomic E-state index is 13.2. The van der Waals surface area contributed by atoms with Crippen LogP contribution in [0.1, 0.15) is 27.0 Å². The summed E-state index contributed by atoms with van der Waals surface area (Å²) in [5, 5.41) is 77.8. The molecule has 2 aromatic carbocycles. The van der Waals surface area contributed by atoms with Gasteiger partial charge in [0, 0.05) is 54.1 Å². The zero-order valence-corrected chi connectivity index (χ0v) is 22.0. The molecule has 3 amide bonds. The van der Waals surface area contributed by atoms with Crippen molar-refractivity contribution in [3.63, 3.8) is 0 Å². The lowest BCUT2D eigenvalue weighted by molar-refractivity contribution is -0.407. The lowest BCUT2D eigenvalue weighted by atomic mass is 9.78. The number of hydrogen-bond donors (Lipinski definition) is 9. The number of hydrogen-bond acceptors (Lipinski definition) is 13. The number of rotatable bonds is 6. The number of phenols is 2. The van der Waals surface area contributed by atoms with E-state index in [4.69, 9.17) is 20.4 Å². The average molecular weight is 580 g/mol. The van der Waals surface area contributed by atoms with E-state index in [2.05, 4.69) is 5.32 Å². The fraction of sp³-hybridized carbons (Fsp3) is 0.400. The molecule has 3 heterocycles. The Bertz CT molecular complexity index is 1470. The van der Waals surface area contributed by atoms with Gasteiger partial charge in [0.2, 0.25) is 0 Å². The van der Waals surface area contributed by atoms with E-state index in [1.165, 1.54) is 23.5 Å². The Labute approximate surface area is 240 Å². The van der Waals surface area contributed by atoms with Gasteiger partial charge in [0.05, 0.1) is 19.8 Å². The van der Waals surface area contributed by atoms with E-state index in [0.717, 1.165) is 0 Å². The Kier molecular flexibility index (Phi) is 7.26. The Morgan fingerprint density at radius 3 is 2.21 bits per heavy atom. The molecule has 2 aromatic rings. The van der Waals surface area contributed by atoms with Crippen LogP contribution in [0.25, 0.3) is 0 Å². The Balaban J connectivity index is 1.42. The number of amides is 3. The molecule has 1 unspecified atom stereocenters. The van der Waals surface area contributed by atoms with Crippen molar-refractivity contribution < 1.29 is 54.9 Å². The van der Waals surface area contributed by atoms with Gasteiger partial charge in [-0.2, -0.15) is 0 Å². The highest BCUT2D eigenvalue weighted by atomic mass is 16.6. The standard InChI is InChI=1S/C25H26B2N4O11/c26-16-12(18(32)17(27)14(19(16)33)9-30-4-6-42-7-5-30)8-28-15-3-1-2-11-13(15)10-31(20(11)34)23(37)21(35)29-22(36)24(38,39)25(23,40)41/h1-3,28,32-33,37-41H,4-10H2,(H,29,35,36). The highest BCUT2D eigenvalue weighted by Gasteiger charge is 2.76. The fourth-order valence-electron chi connectivity index (χ4n) is 5.28. The van der Waals surface area contributed by atoms with Crippen molar-refractivity contribution in [1.82, 2.24) is 15.1 Å². The molecule has 0 bridgehead atoms. The van der Waals surface area contributed by atoms with E-state index >= 15 is 0 Å². The molecule has 17 heteroatoms. The Morgan fingerprint density at radius 1 is 0.929 bits per heavy atom. The first-order valence-corrected chi connectivity index (χ1v) is 12.7. The zero-order valence-electron chi connectivity index (χ0n) is 22.0. The second-order valence-corrected chi connectivity index (χ2v) is 10.2. The second-order valence-electron chi connectivity index (χ2n) is 10.2. The van der Waals surface area contributed by atoms with Crippen molar-refractivity contribution >= 4 is 50.0 Å². The lowest BCUT2D eigenvalue weighted by Crippen LogP contribution is -2.85. The van der Waals surface area contributed by atoms with E-state index in [-0.39, 0.29) is 68.4 Å². The summed E-state index contributed by atoms with van der Waals surface area (Å²) in [5.74, 6) is -13.8. The van der Waals surface area contributed by atoms with Gasteiger partial charge in [0.25, 0.3) is 29.2 Å². The number of carbonyl (C=O) groups excluding carboxylic acids is 3. The second kappa shape index (κ2) is 10.2. The highest BCUT2D eigenvalue weighted by Crippen LogP contribution is 2.42. The van der Waals surface area contributed by atoms with Crippen molar-refractivity contribution in [2.45, 2.75) is 36.9 Å². The fourth-order valence-corrected chi connectivity index (χ4v) is 5.28. The van der Waals surface area contributed by atoms with E-state index in [1.807, 2.05) is 4.90 Å². The van der Waals surface area contributed by atoms with Gasteiger partial charge in [0.15, 0.2) is 0 Å². The Morgan fingerprint density at radius 2 is 1.55 bits per heavy atom. The largest absolute Gasteiger partial charge is 0.508 e. The summed E-state index contributed by atoms with van der Waals surface area (Å²) >= 11 is 0. The minimum atomic E-state index is -4.23. The topological polar surface area (TPSA) is 233 Å². The molecule has 42 heavy (non-hydrogen) atoms. The molecule has 5 rings (SSSR count). The molecule has 0 aromatic heterocycles. The number of aromatic hydroxyl groups is 2. The van der Waals surface area contributed by atoms with Crippen molar-refractivity contribution in [3.8, 4) is 11.5 Å². The van der Waals surface area contributed by atoms with Crippen molar-refractivity contribution in [3.05, 3.63) is 40.5 Å². The van der Waals surface area contributed by atoms with Crippen molar-refractivity contribution in [2.24, 2.45) is 0 Å². The molecule has 0 spiro atoms. The van der Waals surface area contributed by atoms with E-state index in [9.17, 15) is 50.1 Å². The smallest absolute Gasteiger partial charge is 0.306 e. The number of phenolic OH excluding ortho intramolecular Hbond substituents is 2. The van der Waals surface area contributed by atoms with Crippen LogP contribution in [-0.2, 0) is 34.0 Å².